The number of anilines is 1. The highest BCUT2D eigenvalue weighted by atomic mass is 35.5. The van der Waals surface area contributed by atoms with Crippen molar-refractivity contribution in [3.8, 4) is 5.75 Å². The summed E-state index contributed by atoms with van der Waals surface area (Å²) in [6, 6.07) is 11.8. The number of nitrogens with zero attached hydrogens (tertiary/aromatic N) is 3. The van der Waals surface area contributed by atoms with Crippen LogP contribution in [0.1, 0.15) is 18.3 Å². The van der Waals surface area contributed by atoms with Gasteiger partial charge in [0.25, 0.3) is 0 Å². The zero-order valence-corrected chi connectivity index (χ0v) is 17.6. The standard InChI is InChI=1S/C20H20ClFN4O2S/c1-3-26-18(11-28-17-10-5-4-7-14(17)21)24-25-20(26)29-12-19(27)23-16-9-6-8-15(22)13(16)2/h4-10H,3,11-12H2,1-2H3,(H,23,27). The number of carbonyl (C=O) groups excluding carboxylic acids is 1. The molecule has 152 valence electrons. The summed E-state index contributed by atoms with van der Waals surface area (Å²) in [6.07, 6.45) is 0. The van der Waals surface area contributed by atoms with Crippen LogP contribution in [0.2, 0.25) is 5.02 Å². The molecule has 2 aromatic carbocycles. The maximum atomic E-state index is 13.6. The van der Waals surface area contributed by atoms with Gasteiger partial charge in [-0.3, -0.25) is 4.79 Å². The maximum Gasteiger partial charge on any atom is 0.234 e. The molecule has 1 N–H and O–H groups in total. The number of benzene rings is 2. The molecule has 1 amide bonds. The Balaban J connectivity index is 1.60. The minimum atomic E-state index is -0.357. The Labute approximate surface area is 177 Å². The first-order valence-electron chi connectivity index (χ1n) is 8.96. The molecule has 0 unspecified atom stereocenters. The average Bonchev–Trinajstić information content (AvgIpc) is 3.11. The van der Waals surface area contributed by atoms with Crippen LogP contribution >= 0.6 is 23.4 Å². The number of ether oxygens (including phenoxy) is 1. The largest absolute Gasteiger partial charge is 0.484 e. The molecule has 0 spiro atoms. The monoisotopic (exact) mass is 434 g/mol. The van der Waals surface area contributed by atoms with Crippen LogP contribution in [0.25, 0.3) is 0 Å². The smallest absolute Gasteiger partial charge is 0.234 e. The van der Waals surface area contributed by atoms with Crippen LogP contribution in [0.15, 0.2) is 47.6 Å². The summed E-state index contributed by atoms with van der Waals surface area (Å²) >= 11 is 7.36. The van der Waals surface area contributed by atoms with Crippen molar-refractivity contribution in [3.05, 3.63) is 64.7 Å². The van der Waals surface area contributed by atoms with E-state index in [2.05, 4.69) is 15.5 Å². The normalized spacial score (nSPS) is 10.8. The molecule has 1 heterocycles. The molecule has 9 heteroatoms. The summed E-state index contributed by atoms with van der Waals surface area (Å²) in [5.41, 5.74) is 0.864. The summed E-state index contributed by atoms with van der Waals surface area (Å²) in [6.45, 7) is 4.42. The van der Waals surface area contributed by atoms with Gasteiger partial charge in [-0.05, 0) is 38.1 Å². The first kappa shape index (κ1) is 21.1. The van der Waals surface area contributed by atoms with Gasteiger partial charge in [0.05, 0.1) is 10.8 Å². The Morgan fingerprint density at radius 1 is 1.24 bits per heavy atom. The van der Waals surface area contributed by atoms with E-state index in [-0.39, 0.29) is 24.1 Å². The average molecular weight is 435 g/mol. The van der Waals surface area contributed by atoms with E-state index < -0.39 is 0 Å². The fourth-order valence-corrected chi connectivity index (χ4v) is 3.63. The second kappa shape index (κ2) is 9.76. The van der Waals surface area contributed by atoms with Gasteiger partial charge in [-0.1, -0.05) is 41.6 Å². The molecule has 0 radical (unpaired) electrons. The lowest BCUT2D eigenvalue weighted by atomic mass is 10.2. The predicted octanol–water partition coefficient (Wildman–Crippen LogP) is 4.71. The quantitative estimate of drug-likeness (QED) is 0.520. The van der Waals surface area contributed by atoms with Crippen molar-refractivity contribution < 1.29 is 13.9 Å². The number of nitrogens with one attached hydrogen (secondary N) is 1. The number of halogens is 2. The van der Waals surface area contributed by atoms with Crippen LogP contribution in [0.4, 0.5) is 10.1 Å². The Morgan fingerprint density at radius 3 is 2.79 bits per heavy atom. The molecule has 0 atom stereocenters. The maximum absolute atomic E-state index is 13.6. The summed E-state index contributed by atoms with van der Waals surface area (Å²) in [7, 11) is 0. The van der Waals surface area contributed by atoms with Crippen molar-refractivity contribution in [1.82, 2.24) is 14.8 Å². The van der Waals surface area contributed by atoms with Gasteiger partial charge >= 0.3 is 0 Å². The highest BCUT2D eigenvalue weighted by Crippen LogP contribution is 2.25. The van der Waals surface area contributed by atoms with E-state index in [9.17, 15) is 9.18 Å². The molecule has 0 fully saturated rings. The Morgan fingerprint density at radius 2 is 2.03 bits per heavy atom. The topological polar surface area (TPSA) is 69.0 Å². The van der Waals surface area contributed by atoms with Crippen molar-refractivity contribution in [2.45, 2.75) is 32.2 Å². The van der Waals surface area contributed by atoms with Gasteiger partial charge in [0.1, 0.15) is 18.2 Å². The predicted molar refractivity (Wildman–Crippen MR) is 112 cm³/mol. The second-order valence-corrected chi connectivity index (χ2v) is 7.46. The Kier molecular flexibility index (Phi) is 7.11. The third-order valence-electron chi connectivity index (χ3n) is 4.18. The summed E-state index contributed by atoms with van der Waals surface area (Å²) in [5, 5.41) is 12.2. The van der Waals surface area contributed by atoms with Crippen molar-refractivity contribution >= 4 is 35.0 Å². The lowest BCUT2D eigenvalue weighted by Gasteiger charge is -2.10. The summed E-state index contributed by atoms with van der Waals surface area (Å²) in [5.74, 6) is 0.724. The van der Waals surface area contributed by atoms with Gasteiger partial charge in [0.15, 0.2) is 11.0 Å². The van der Waals surface area contributed by atoms with E-state index in [0.29, 0.717) is 39.5 Å². The van der Waals surface area contributed by atoms with Crippen LogP contribution in [0, 0.1) is 12.7 Å². The molecule has 0 aliphatic carbocycles. The third-order valence-corrected chi connectivity index (χ3v) is 5.46. The second-order valence-electron chi connectivity index (χ2n) is 6.11. The molecule has 29 heavy (non-hydrogen) atoms. The lowest BCUT2D eigenvalue weighted by molar-refractivity contribution is -0.113. The molecular weight excluding hydrogens is 415 g/mol. The van der Waals surface area contributed by atoms with Crippen molar-refractivity contribution in [3.63, 3.8) is 0 Å². The number of hydrogen-bond donors (Lipinski definition) is 1. The molecule has 0 saturated heterocycles. The highest BCUT2D eigenvalue weighted by molar-refractivity contribution is 7.99. The molecule has 0 bridgehead atoms. The zero-order valence-electron chi connectivity index (χ0n) is 16.0. The number of amides is 1. The minimum absolute atomic E-state index is 0.124. The zero-order chi connectivity index (χ0) is 20.8. The van der Waals surface area contributed by atoms with Gasteiger partial charge in [-0.25, -0.2) is 4.39 Å². The van der Waals surface area contributed by atoms with Crippen LogP contribution < -0.4 is 10.1 Å². The lowest BCUT2D eigenvalue weighted by Crippen LogP contribution is -2.16. The number of rotatable bonds is 8. The highest BCUT2D eigenvalue weighted by Gasteiger charge is 2.15. The molecule has 0 aliphatic heterocycles. The van der Waals surface area contributed by atoms with Crippen LogP contribution in [0.5, 0.6) is 5.75 Å². The number of para-hydroxylation sites is 1. The Hall–Kier alpha value is -2.58. The summed E-state index contributed by atoms with van der Waals surface area (Å²) in [4.78, 5) is 12.3. The number of aromatic nitrogens is 3. The molecule has 3 rings (SSSR count). The fraction of sp³-hybridized carbons (Fsp3) is 0.250. The van der Waals surface area contributed by atoms with Crippen LogP contribution in [0.3, 0.4) is 0 Å². The van der Waals surface area contributed by atoms with E-state index >= 15 is 0 Å². The van der Waals surface area contributed by atoms with Crippen LogP contribution in [-0.2, 0) is 17.9 Å². The van der Waals surface area contributed by atoms with Gasteiger partial charge in [0, 0.05) is 17.8 Å². The minimum Gasteiger partial charge on any atom is -0.484 e. The first-order valence-corrected chi connectivity index (χ1v) is 10.3. The van der Waals surface area contributed by atoms with E-state index in [4.69, 9.17) is 16.3 Å². The molecule has 0 saturated carbocycles. The van der Waals surface area contributed by atoms with E-state index in [0.717, 1.165) is 0 Å². The third kappa shape index (κ3) is 5.27. The number of thioether (sulfide) groups is 1. The molecule has 6 nitrogen and oxygen atoms in total. The summed E-state index contributed by atoms with van der Waals surface area (Å²) < 4.78 is 21.2. The van der Waals surface area contributed by atoms with Crippen molar-refractivity contribution in [1.29, 1.82) is 0 Å². The van der Waals surface area contributed by atoms with Gasteiger partial charge in [0.2, 0.25) is 5.91 Å². The van der Waals surface area contributed by atoms with Gasteiger partial charge < -0.3 is 14.6 Å². The molecule has 0 aliphatic rings. The molecule has 1 aromatic heterocycles. The van der Waals surface area contributed by atoms with Crippen LogP contribution in [-0.4, -0.2) is 26.4 Å². The van der Waals surface area contributed by atoms with E-state index in [1.807, 2.05) is 23.6 Å². The fourth-order valence-electron chi connectivity index (χ4n) is 2.61. The Bertz CT molecular complexity index is 1010. The van der Waals surface area contributed by atoms with Gasteiger partial charge in [-0.2, -0.15) is 0 Å². The molecular formula is C20H20ClFN4O2S. The number of carbonyl (C=O) groups is 1. The molecule has 3 aromatic rings. The van der Waals surface area contributed by atoms with Crippen molar-refractivity contribution in [2.75, 3.05) is 11.1 Å². The number of hydrogen-bond acceptors (Lipinski definition) is 5. The first-order chi connectivity index (χ1) is 14.0. The van der Waals surface area contributed by atoms with E-state index in [1.165, 1.54) is 17.8 Å². The SMILES string of the molecule is CCn1c(COc2ccccc2Cl)nnc1SCC(=O)Nc1cccc(F)c1C. The van der Waals surface area contributed by atoms with Crippen molar-refractivity contribution in [2.24, 2.45) is 0 Å². The van der Waals surface area contributed by atoms with Gasteiger partial charge in [-0.15, -0.1) is 10.2 Å². The van der Waals surface area contributed by atoms with E-state index in [1.54, 1.807) is 31.2 Å².